The van der Waals surface area contributed by atoms with Gasteiger partial charge in [0.2, 0.25) is 5.91 Å². The molecule has 1 atom stereocenters. The van der Waals surface area contributed by atoms with Gasteiger partial charge >= 0.3 is 0 Å². The normalized spacial score (nSPS) is 12.5. The van der Waals surface area contributed by atoms with E-state index in [1.165, 1.54) is 0 Å². The molecule has 0 aromatic carbocycles. The number of carbonyl (C=O) groups excluding carboxylic acids is 1. The van der Waals surface area contributed by atoms with Crippen LogP contribution >= 0.6 is 0 Å². The topological polar surface area (TPSA) is 74.8 Å². The molecular formula is C15H25N3O2. The van der Waals surface area contributed by atoms with Crippen molar-refractivity contribution in [2.75, 3.05) is 0 Å². The van der Waals surface area contributed by atoms with Crippen LogP contribution in [-0.2, 0) is 11.2 Å². The largest absolute Gasteiger partial charge is 0.353 e. The Kier molecular flexibility index (Phi) is 5.92. The zero-order chi connectivity index (χ0) is 15.3. The average molecular weight is 279 g/mol. The van der Waals surface area contributed by atoms with Gasteiger partial charge in [0.1, 0.15) is 5.82 Å². The standard InChI is InChI=1S/C15H25N3O2/c1-9(2)6-7-10(3)16-14(19)8-13-11(4)17-12(5)18-15(13)20/h9-10H,6-8H2,1-5H3,(H,16,19)(H,17,18,20)/t10-/m0/s1. The second kappa shape index (κ2) is 7.22. The fourth-order valence-electron chi connectivity index (χ4n) is 2.10. The van der Waals surface area contributed by atoms with Crippen molar-refractivity contribution in [2.45, 2.75) is 59.9 Å². The van der Waals surface area contributed by atoms with Crippen molar-refractivity contribution in [1.29, 1.82) is 0 Å². The van der Waals surface area contributed by atoms with Crippen molar-refractivity contribution in [3.63, 3.8) is 0 Å². The van der Waals surface area contributed by atoms with Crippen LogP contribution in [0.2, 0.25) is 0 Å². The number of H-pyrrole nitrogens is 1. The van der Waals surface area contributed by atoms with Gasteiger partial charge in [0.05, 0.1) is 6.42 Å². The molecule has 0 saturated heterocycles. The first-order valence-corrected chi connectivity index (χ1v) is 7.15. The van der Waals surface area contributed by atoms with E-state index >= 15 is 0 Å². The van der Waals surface area contributed by atoms with E-state index in [1.54, 1.807) is 13.8 Å². The molecule has 0 aliphatic heterocycles. The first-order chi connectivity index (χ1) is 9.29. The minimum absolute atomic E-state index is 0.0838. The number of hydrogen-bond acceptors (Lipinski definition) is 3. The summed E-state index contributed by atoms with van der Waals surface area (Å²) in [5.41, 5.74) is 0.848. The SMILES string of the molecule is Cc1nc(C)c(CC(=O)N[C@@H](C)CCC(C)C)c(=O)[nH]1. The molecule has 0 spiro atoms. The van der Waals surface area contributed by atoms with E-state index in [-0.39, 0.29) is 23.9 Å². The van der Waals surface area contributed by atoms with E-state index in [2.05, 4.69) is 29.1 Å². The van der Waals surface area contributed by atoms with Crippen LogP contribution in [0.15, 0.2) is 4.79 Å². The van der Waals surface area contributed by atoms with Gasteiger partial charge in [-0.2, -0.15) is 0 Å². The molecule has 5 nitrogen and oxygen atoms in total. The summed E-state index contributed by atoms with van der Waals surface area (Å²) in [6.07, 6.45) is 2.11. The molecule has 1 rings (SSSR count). The highest BCUT2D eigenvalue weighted by atomic mass is 16.2. The number of carbonyl (C=O) groups is 1. The lowest BCUT2D eigenvalue weighted by atomic mass is 10.0. The zero-order valence-electron chi connectivity index (χ0n) is 13.0. The molecule has 0 fully saturated rings. The van der Waals surface area contributed by atoms with Gasteiger partial charge in [-0.1, -0.05) is 13.8 Å². The Morgan fingerprint density at radius 2 is 1.90 bits per heavy atom. The van der Waals surface area contributed by atoms with Crippen LogP contribution in [-0.4, -0.2) is 21.9 Å². The second-order valence-electron chi connectivity index (χ2n) is 5.83. The molecule has 0 unspecified atom stereocenters. The van der Waals surface area contributed by atoms with E-state index in [4.69, 9.17) is 0 Å². The molecule has 0 aliphatic carbocycles. The van der Waals surface area contributed by atoms with Gasteiger partial charge in [0.25, 0.3) is 5.56 Å². The van der Waals surface area contributed by atoms with Gasteiger partial charge in [-0.05, 0) is 39.5 Å². The zero-order valence-corrected chi connectivity index (χ0v) is 13.0. The molecule has 0 saturated carbocycles. The van der Waals surface area contributed by atoms with Gasteiger partial charge in [0, 0.05) is 17.3 Å². The third-order valence-electron chi connectivity index (χ3n) is 3.26. The number of amides is 1. The van der Waals surface area contributed by atoms with Crippen molar-refractivity contribution < 1.29 is 4.79 Å². The van der Waals surface area contributed by atoms with Crippen molar-refractivity contribution in [3.05, 3.63) is 27.4 Å². The van der Waals surface area contributed by atoms with Gasteiger partial charge in [-0.3, -0.25) is 9.59 Å². The first-order valence-electron chi connectivity index (χ1n) is 7.15. The van der Waals surface area contributed by atoms with Gasteiger partial charge in [-0.15, -0.1) is 0 Å². The number of rotatable bonds is 6. The Balaban J connectivity index is 2.61. The van der Waals surface area contributed by atoms with Crippen LogP contribution in [0.25, 0.3) is 0 Å². The summed E-state index contributed by atoms with van der Waals surface area (Å²) in [5, 5.41) is 2.93. The maximum absolute atomic E-state index is 12.0. The highest BCUT2D eigenvalue weighted by Crippen LogP contribution is 2.07. The second-order valence-corrected chi connectivity index (χ2v) is 5.83. The molecule has 0 radical (unpaired) electrons. The molecule has 5 heteroatoms. The predicted octanol–water partition coefficient (Wildman–Crippen LogP) is 1.87. The molecule has 20 heavy (non-hydrogen) atoms. The number of aromatic amines is 1. The monoisotopic (exact) mass is 279 g/mol. The lowest BCUT2D eigenvalue weighted by Gasteiger charge is -2.15. The lowest BCUT2D eigenvalue weighted by Crippen LogP contribution is -2.35. The highest BCUT2D eigenvalue weighted by Gasteiger charge is 2.13. The minimum atomic E-state index is -0.222. The van der Waals surface area contributed by atoms with Crippen LogP contribution < -0.4 is 10.9 Å². The lowest BCUT2D eigenvalue weighted by molar-refractivity contribution is -0.121. The maximum Gasteiger partial charge on any atom is 0.254 e. The third-order valence-corrected chi connectivity index (χ3v) is 3.26. The van der Waals surface area contributed by atoms with Crippen molar-refractivity contribution in [3.8, 4) is 0 Å². The Labute approximate surface area is 120 Å². The summed E-state index contributed by atoms with van der Waals surface area (Å²) in [4.78, 5) is 30.6. The molecular weight excluding hydrogens is 254 g/mol. The van der Waals surface area contributed by atoms with Gasteiger partial charge in [0.15, 0.2) is 0 Å². The average Bonchev–Trinajstić information content (AvgIpc) is 2.31. The van der Waals surface area contributed by atoms with Gasteiger partial charge < -0.3 is 10.3 Å². The summed E-state index contributed by atoms with van der Waals surface area (Å²) in [6.45, 7) is 9.80. The predicted molar refractivity (Wildman–Crippen MR) is 79.7 cm³/mol. The molecule has 1 aromatic heterocycles. The maximum atomic E-state index is 12.0. The molecule has 0 bridgehead atoms. The van der Waals surface area contributed by atoms with E-state index in [0.29, 0.717) is 23.0 Å². The number of aromatic nitrogens is 2. The summed E-state index contributed by atoms with van der Waals surface area (Å²) in [6, 6.07) is 0.127. The number of nitrogens with zero attached hydrogens (tertiary/aromatic N) is 1. The Morgan fingerprint density at radius 3 is 2.45 bits per heavy atom. The molecule has 1 heterocycles. The van der Waals surface area contributed by atoms with E-state index in [0.717, 1.165) is 12.8 Å². The summed E-state index contributed by atoms with van der Waals surface area (Å²) in [7, 11) is 0. The van der Waals surface area contributed by atoms with Gasteiger partial charge in [-0.25, -0.2) is 4.98 Å². The number of hydrogen-bond donors (Lipinski definition) is 2. The molecule has 1 amide bonds. The van der Waals surface area contributed by atoms with Crippen LogP contribution in [0.4, 0.5) is 0 Å². The van der Waals surface area contributed by atoms with Crippen LogP contribution in [0, 0.1) is 19.8 Å². The Bertz CT molecular complexity index is 520. The van der Waals surface area contributed by atoms with Crippen LogP contribution in [0.5, 0.6) is 0 Å². The van der Waals surface area contributed by atoms with Crippen molar-refractivity contribution >= 4 is 5.91 Å². The van der Waals surface area contributed by atoms with Crippen molar-refractivity contribution in [2.24, 2.45) is 5.92 Å². The van der Waals surface area contributed by atoms with E-state index < -0.39 is 0 Å². The van der Waals surface area contributed by atoms with Crippen LogP contribution in [0.1, 0.15) is 50.7 Å². The Morgan fingerprint density at radius 1 is 1.25 bits per heavy atom. The van der Waals surface area contributed by atoms with E-state index in [9.17, 15) is 9.59 Å². The summed E-state index contributed by atoms with van der Waals surface area (Å²) in [5.74, 6) is 1.07. The summed E-state index contributed by atoms with van der Waals surface area (Å²) < 4.78 is 0. The number of nitrogens with one attached hydrogen (secondary N) is 2. The Hall–Kier alpha value is -1.65. The highest BCUT2D eigenvalue weighted by molar-refractivity contribution is 5.78. The first kappa shape index (κ1) is 16.4. The molecule has 0 aliphatic rings. The molecule has 1 aromatic rings. The quantitative estimate of drug-likeness (QED) is 0.834. The number of aryl methyl sites for hydroxylation is 2. The van der Waals surface area contributed by atoms with Crippen LogP contribution in [0.3, 0.4) is 0 Å². The fourth-order valence-corrected chi connectivity index (χ4v) is 2.10. The summed E-state index contributed by atoms with van der Waals surface area (Å²) >= 11 is 0. The molecule has 2 N–H and O–H groups in total. The minimum Gasteiger partial charge on any atom is -0.353 e. The third kappa shape index (κ3) is 5.15. The van der Waals surface area contributed by atoms with Crippen molar-refractivity contribution in [1.82, 2.24) is 15.3 Å². The smallest absolute Gasteiger partial charge is 0.254 e. The van der Waals surface area contributed by atoms with E-state index in [1.807, 2.05) is 6.92 Å². The molecule has 112 valence electrons. The fraction of sp³-hybridized carbons (Fsp3) is 0.667.